The molecule has 0 bridgehead atoms. The van der Waals surface area contributed by atoms with Crippen molar-refractivity contribution in [2.75, 3.05) is 20.6 Å². The van der Waals surface area contributed by atoms with Crippen molar-refractivity contribution in [1.29, 1.82) is 0 Å². The predicted octanol–water partition coefficient (Wildman–Crippen LogP) is 3.62. The van der Waals surface area contributed by atoms with Crippen LogP contribution >= 0.6 is 0 Å². The van der Waals surface area contributed by atoms with Gasteiger partial charge in [0.1, 0.15) is 5.82 Å². The molecular formula is C18H25FN2. The fourth-order valence-corrected chi connectivity index (χ4v) is 2.36. The molecule has 0 fully saturated rings. The van der Waals surface area contributed by atoms with Crippen molar-refractivity contribution < 1.29 is 4.39 Å². The van der Waals surface area contributed by atoms with Gasteiger partial charge in [0.15, 0.2) is 0 Å². The van der Waals surface area contributed by atoms with Crippen LogP contribution in [0.5, 0.6) is 0 Å². The number of nitrogens with zero attached hydrogens (tertiary/aromatic N) is 1. The molecule has 114 valence electrons. The van der Waals surface area contributed by atoms with Crippen LogP contribution in [0.1, 0.15) is 17.5 Å². The van der Waals surface area contributed by atoms with Gasteiger partial charge in [-0.1, -0.05) is 31.4 Å². The zero-order valence-corrected chi connectivity index (χ0v) is 13.0. The Balaban J connectivity index is 2.76. The van der Waals surface area contributed by atoms with E-state index in [2.05, 4.69) is 30.0 Å². The molecule has 0 aliphatic rings. The maximum absolute atomic E-state index is 13.4. The van der Waals surface area contributed by atoms with E-state index in [0.717, 1.165) is 36.2 Å². The Labute approximate surface area is 127 Å². The Bertz CT molecular complexity index is 508. The van der Waals surface area contributed by atoms with Crippen LogP contribution in [-0.2, 0) is 6.42 Å². The molecule has 0 spiro atoms. The third kappa shape index (κ3) is 4.87. The molecule has 0 aliphatic carbocycles. The molecule has 1 unspecified atom stereocenters. The van der Waals surface area contributed by atoms with Gasteiger partial charge in [0.05, 0.1) is 6.04 Å². The molecule has 1 atom stereocenters. The van der Waals surface area contributed by atoms with E-state index in [0.29, 0.717) is 0 Å². The van der Waals surface area contributed by atoms with Crippen LogP contribution in [0, 0.1) is 5.82 Å². The normalized spacial score (nSPS) is 12.0. The van der Waals surface area contributed by atoms with Crippen LogP contribution in [0.3, 0.4) is 0 Å². The van der Waals surface area contributed by atoms with Gasteiger partial charge < -0.3 is 5.32 Å². The molecule has 0 amide bonds. The number of halogens is 1. The maximum atomic E-state index is 13.4. The summed E-state index contributed by atoms with van der Waals surface area (Å²) in [7, 11) is 3.91. The Morgan fingerprint density at radius 1 is 1.43 bits per heavy atom. The van der Waals surface area contributed by atoms with Crippen LogP contribution in [0.2, 0.25) is 0 Å². The highest BCUT2D eigenvalue weighted by atomic mass is 19.1. The minimum absolute atomic E-state index is 0.188. The molecular weight excluding hydrogens is 263 g/mol. The van der Waals surface area contributed by atoms with E-state index in [1.54, 1.807) is 18.2 Å². The minimum atomic E-state index is -0.208. The lowest BCUT2D eigenvalue weighted by atomic mass is 10.0. The van der Waals surface area contributed by atoms with Crippen molar-refractivity contribution in [2.45, 2.75) is 18.9 Å². The number of rotatable bonds is 9. The van der Waals surface area contributed by atoms with E-state index in [-0.39, 0.29) is 11.9 Å². The smallest absolute Gasteiger partial charge is 0.123 e. The number of benzene rings is 1. The summed E-state index contributed by atoms with van der Waals surface area (Å²) >= 11 is 0. The van der Waals surface area contributed by atoms with Crippen molar-refractivity contribution in [3.63, 3.8) is 0 Å². The molecule has 0 aliphatic heterocycles. The molecule has 1 rings (SSSR count). The van der Waals surface area contributed by atoms with Gasteiger partial charge in [-0.05, 0) is 43.1 Å². The van der Waals surface area contributed by atoms with Crippen LogP contribution in [0.15, 0.2) is 49.7 Å². The summed E-state index contributed by atoms with van der Waals surface area (Å²) in [6.07, 6.45) is 5.25. The first-order chi connectivity index (χ1) is 10.0. The van der Waals surface area contributed by atoms with Crippen LogP contribution in [0.25, 0.3) is 6.08 Å². The van der Waals surface area contributed by atoms with Crippen molar-refractivity contribution in [3.8, 4) is 0 Å². The third-order valence-corrected chi connectivity index (χ3v) is 3.70. The number of nitrogens with one attached hydrogen (secondary N) is 1. The van der Waals surface area contributed by atoms with Crippen molar-refractivity contribution in [2.24, 2.45) is 0 Å². The lowest BCUT2D eigenvalue weighted by molar-refractivity contribution is 0.269. The molecule has 0 saturated carbocycles. The molecule has 0 heterocycles. The number of hydrogen-bond donors (Lipinski definition) is 1. The van der Waals surface area contributed by atoms with Crippen LogP contribution in [-0.4, -0.2) is 31.6 Å². The van der Waals surface area contributed by atoms with Gasteiger partial charge in [0.2, 0.25) is 0 Å². The Kier molecular flexibility index (Phi) is 6.89. The second kappa shape index (κ2) is 8.42. The molecule has 1 N–H and O–H groups in total. The van der Waals surface area contributed by atoms with Crippen molar-refractivity contribution in [3.05, 3.63) is 66.7 Å². The standard InChI is InChI=1S/C18H25FN2/c1-6-8-18(14(3)20-4)21(5)12-11-16-13-17(19)10-9-15(16)7-2/h6-7,9-10,13,18,20H,1-3,8,11-12H2,4-5H3. The van der Waals surface area contributed by atoms with E-state index in [9.17, 15) is 4.39 Å². The monoisotopic (exact) mass is 288 g/mol. The van der Waals surface area contributed by atoms with Crippen molar-refractivity contribution >= 4 is 6.08 Å². The first kappa shape index (κ1) is 17.2. The lowest BCUT2D eigenvalue weighted by Gasteiger charge is -2.29. The zero-order chi connectivity index (χ0) is 15.8. The van der Waals surface area contributed by atoms with E-state index in [1.165, 1.54) is 6.07 Å². The summed E-state index contributed by atoms with van der Waals surface area (Å²) in [4.78, 5) is 2.21. The van der Waals surface area contributed by atoms with Gasteiger partial charge in [-0.3, -0.25) is 4.90 Å². The predicted molar refractivity (Wildman–Crippen MR) is 89.6 cm³/mol. The first-order valence-corrected chi connectivity index (χ1v) is 7.12. The molecule has 2 nitrogen and oxygen atoms in total. The van der Waals surface area contributed by atoms with Gasteiger partial charge in [0.25, 0.3) is 0 Å². The summed E-state index contributed by atoms with van der Waals surface area (Å²) in [6, 6.07) is 5.01. The summed E-state index contributed by atoms with van der Waals surface area (Å²) in [5.41, 5.74) is 2.92. The average molecular weight is 288 g/mol. The third-order valence-electron chi connectivity index (χ3n) is 3.70. The van der Waals surface area contributed by atoms with E-state index in [1.807, 2.05) is 20.2 Å². The fourth-order valence-electron chi connectivity index (χ4n) is 2.36. The Morgan fingerprint density at radius 3 is 2.71 bits per heavy atom. The summed E-state index contributed by atoms with van der Waals surface area (Å²) in [6.45, 7) is 12.4. The topological polar surface area (TPSA) is 15.3 Å². The number of likely N-dealkylation sites (N-methyl/N-ethyl adjacent to an activating group) is 2. The average Bonchev–Trinajstić information content (AvgIpc) is 2.49. The molecule has 21 heavy (non-hydrogen) atoms. The highest BCUT2D eigenvalue weighted by Crippen LogP contribution is 2.16. The van der Waals surface area contributed by atoms with Crippen LogP contribution in [0.4, 0.5) is 4.39 Å². The Hall–Kier alpha value is -1.87. The molecule has 0 aromatic heterocycles. The second-order valence-corrected chi connectivity index (χ2v) is 5.09. The van der Waals surface area contributed by atoms with E-state index < -0.39 is 0 Å². The molecule has 0 radical (unpaired) electrons. The van der Waals surface area contributed by atoms with E-state index >= 15 is 0 Å². The fraction of sp³-hybridized carbons (Fsp3) is 0.333. The van der Waals surface area contributed by atoms with Crippen molar-refractivity contribution in [1.82, 2.24) is 10.2 Å². The van der Waals surface area contributed by atoms with Gasteiger partial charge in [-0.25, -0.2) is 4.39 Å². The highest BCUT2D eigenvalue weighted by Gasteiger charge is 2.16. The summed E-state index contributed by atoms with van der Waals surface area (Å²) in [5.74, 6) is -0.208. The van der Waals surface area contributed by atoms with Gasteiger partial charge in [-0.2, -0.15) is 0 Å². The van der Waals surface area contributed by atoms with Gasteiger partial charge >= 0.3 is 0 Å². The van der Waals surface area contributed by atoms with Gasteiger partial charge in [0, 0.05) is 19.3 Å². The lowest BCUT2D eigenvalue weighted by Crippen LogP contribution is -2.37. The maximum Gasteiger partial charge on any atom is 0.123 e. The SMILES string of the molecule is C=CCC(C(=C)NC)N(C)CCc1cc(F)ccc1C=C. The zero-order valence-electron chi connectivity index (χ0n) is 13.0. The summed E-state index contributed by atoms with van der Waals surface area (Å²) in [5, 5.41) is 3.10. The molecule has 1 aromatic carbocycles. The number of hydrogen-bond acceptors (Lipinski definition) is 2. The van der Waals surface area contributed by atoms with E-state index in [4.69, 9.17) is 0 Å². The first-order valence-electron chi connectivity index (χ1n) is 7.12. The molecule has 3 heteroatoms. The largest absolute Gasteiger partial charge is 0.391 e. The van der Waals surface area contributed by atoms with Gasteiger partial charge in [-0.15, -0.1) is 6.58 Å². The molecule has 0 saturated heterocycles. The molecule has 1 aromatic rings. The van der Waals surface area contributed by atoms with Crippen LogP contribution < -0.4 is 5.32 Å². The summed E-state index contributed by atoms with van der Waals surface area (Å²) < 4.78 is 13.4. The second-order valence-electron chi connectivity index (χ2n) is 5.09. The Morgan fingerprint density at radius 2 is 2.14 bits per heavy atom. The quantitative estimate of drug-likeness (QED) is 0.698. The minimum Gasteiger partial charge on any atom is -0.391 e. The highest BCUT2D eigenvalue weighted by molar-refractivity contribution is 5.51.